The van der Waals surface area contributed by atoms with Gasteiger partial charge in [0.15, 0.2) is 0 Å². The summed E-state index contributed by atoms with van der Waals surface area (Å²) in [4.78, 5) is 25.6. The number of carbonyl (C=O) groups is 2. The highest BCUT2D eigenvalue weighted by Crippen LogP contribution is 2.35. The number of alkyl carbamates (subject to hydrolysis) is 1. The number of halogens is 1. The van der Waals surface area contributed by atoms with Crippen LogP contribution in [-0.2, 0) is 24.2 Å². The number of fused-ring (bicyclic) bond motifs is 2. The number of aromatic nitrogens is 2. The molecular formula is C25H26FN5O3. The van der Waals surface area contributed by atoms with Crippen LogP contribution in [0.25, 0.3) is 0 Å². The molecule has 4 N–H and O–H groups in total. The molecule has 2 aliphatic rings. The van der Waals surface area contributed by atoms with Crippen LogP contribution in [-0.4, -0.2) is 34.4 Å². The molecule has 34 heavy (non-hydrogen) atoms. The predicted molar refractivity (Wildman–Crippen MR) is 125 cm³/mol. The van der Waals surface area contributed by atoms with Crippen LogP contribution in [0, 0.1) is 5.82 Å². The summed E-state index contributed by atoms with van der Waals surface area (Å²) < 4.78 is 20.4. The third kappa shape index (κ3) is 4.33. The molecule has 176 valence electrons. The quantitative estimate of drug-likeness (QED) is 0.545. The second-order valence-electron chi connectivity index (χ2n) is 8.71. The van der Waals surface area contributed by atoms with E-state index in [1.54, 1.807) is 6.07 Å². The number of aryl methyl sites for hydroxylation is 1. The van der Waals surface area contributed by atoms with Crippen molar-refractivity contribution in [1.29, 1.82) is 0 Å². The van der Waals surface area contributed by atoms with Crippen LogP contribution in [0.1, 0.15) is 45.9 Å². The van der Waals surface area contributed by atoms with E-state index in [9.17, 15) is 14.0 Å². The second-order valence-corrected chi connectivity index (χ2v) is 8.71. The molecular weight excluding hydrogens is 437 g/mol. The zero-order valence-electron chi connectivity index (χ0n) is 18.6. The van der Waals surface area contributed by atoms with Gasteiger partial charge in [-0.3, -0.25) is 4.79 Å². The molecule has 0 saturated carbocycles. The van der Waals surface area contributed by atoms with Crippen molar-refractivity contribution in [3.8, 4) is 0 Å². The number of nitrogens with two attached hydrogens (primary N) is 1. The van der Waals surface area contributed by atoms with Gasteiger partial charge in [0.1, 0.15) is 18.2 Å². The van der Waals surface area contributed by atoms with E-state index in [0.717, 1.165) is 22.5 Å². The van der Waals surface area contributed by atoms with E-state index in [2.05, 4.69) is 15.7 Å². The first-order valence-electron chi connectivity index (χ1n) is 11.4. The van der Waals surface area contributed by atoms with E-state index in [1.807, 2.05) is 30.3 Å². The Balaban J connectivity index is 1.27. The van der Waals surface area contributed by atoms with Crippen LogP contribution in [0.5, 0.6) is 0 Å². The zero-order valence-corrected chi connectivity index (χ0v) is 18.6. The van der Waals surface area contributed by atoms with Gasteiger partial charge in [-0.05, 0) is 55.0 Å². The number of rotatable bonds is 4. The SMILES string of the molecule is Nc1c2c(nn1C(=O)[C@H]1CCNc3ccc(F)cc31)CC[C@H](NC(=O)OCc1ccccc1)C2. The largest absolute Gasteiger partial charge is 0.445 e. The summed E-state index contributed by atoms with van der Waals surface area (Å²) in [5, 5.41) is 10.6. The monoisotopic (exact) mass is 463 g/mol. The van der Waals surface area contributed by atoms with Crippen molar-refractivity contribution < 1.29 is 18.7 Å². The fourth-order valence-electron chi connectivity index (χ4n) is 4.71. The Bertz CT molecular complexity index is 1230. The molecule has 3 aromatic rings. The topological polar surface area (TPSA) is 111 Å². The number of carbonyl (C=O) groups excluding carboxylic acids is 2. The van der Waals surface area contributed by atoms with Crippen LogP contribution in [0.15, 0.2) is 48.5 Å². The number of nitrogen functional groups attached to an aromatic ring is 1. The lowest BCUT2D eigenvalue weighted by atomic mass is 9.90. The Morgan fingerprint density at radius 2 is 2.03 bits per heavy atom. The van der Waals surface area contributed by atoms with Crippen molar-refractivity contribution in [3.63, 3.8) is 0 Å². The molecule has 0 spiro atoms. The predicted octanol–water partition coefficient (Wildman–Crippen LogP) is 3.63. The lowest BCUT2D eigenvalue weighted by Crippen LogP contribution is -2.39. The normalized spacial score (nSPS) is 18.9. The van der Waals surface area contributed by atoms with Crippen LogP contribution >= 0.6 is 0 Å². The fourth-order valence-corrected chi connectivity index (χ4v) is 4.71. The lowest BCUT2D eigenvalue weighted by molar-refractivity contribution is 0.0859. The van der Waals surface area contributed by atoms with E-state index in [-0.39, 0.29) is 30.2 Å². The molecule has 5 rings (SSSR count). The number of ether oxygens (including phenoxy) is 1. The number of amides is 1. The molecule has 1 aliphatic carbocycles. The second kappa shape index (κ2) is 9.17. The van der Waals surface area contributed by atoms with Crippen molar-refractivity contribution in [2.24, 2.45) is 0 Å². The molecule has 0 unspecified atom stereocenters. The van der Waals surface area contributed by atoms with Gasteiger partial charge in [-0.25, -0.2) is 9.18 Å². The summed E-state index contributed by atoms with van der Waals surface area (Å²) in [6.07, 6.45) is 1.75. The fraction of sp³-hybridized carbons (Fsp3) is 0.320. The maximum absolute atomic E-state index is 13.9. The van der Waals surface area contributed by atoms with Crippen LogP contribution in [0.4, 0.5) is 20.7 Å². The average Bonchev–Trinajstić information content (AvgIpc) is 3.18. The molecule has 1 aliphatic heterocycles. The van der Waals surface area contributed by atoms with Crippen LogP contribution in [0.3, 0.4) is 0 Å². The number of benzene rings is 2. The first-order chi connectivity index (χ1) is 16.5. The first kappa shape index (κ1) is 21.9. The highest BCUT2D eigenvalue weighted by atomic mass is 19.1. The Kier molecular flexibility index (Phi) is 5.91. The zero-order chi connectivity index (χ0) is 23.7. The van der Waals surface area contributed by atoms with Gasteiger partial charge in [-0.2, -0.15) is 9.78 Å². The van der Waals surface area contributed by atoms with Gasteiger partial charge in [0.2, 0.25) is 0 Å². The minimum atomic E-state index is -0.530. The smallest absolute Gasteiger partial charge is 0.407 e. The van der Waals surface area contributed by atoms with Gasteiger partial charge in [-0.1, -0.05) is 30.3 Å². The lowest BCUT2D eigenvalue weighted by Gasteiger charge is -2.25. The minimum Gasteiger partial charge on any atom is -0.445 e. The van der Waals surface area contributed by atoms with Crippen molar-refractivity contribution in [2.75, 3.05) is 17.6 Å². The van der Waals surface area contributed by atoms with Gasteiger partial charge in [0.25, 0.3) is 5.91 Å². The van der Waals surface area contributed by atoms with Crippen molar-refractivity contribution in [1.82, 2.24) is 15.1 Å². The molecule has 1 aromatic heterocycles. The van der Waals surface area contributed by atoms with Crippen LogP contribution in [0.2, 0.25) is 0 Å². The maximum Gasteiger partial charge on any atom is 0.407 e. The molecule has 2 heterocycles. The number of nitrogens with zero attached hydrogens (tertiary/aromatic N) is 2. The summed E-state index contributed by atoms with van der Waals surface area (Å²) in [5.74, 6) is -0.911. The summed E-state index contributed by atoms with van der Waals surface area (Å²) in [5.41, 5.74) is 10.2. The Hall–Kier alpha value is -3.88. The summed E-state index contributed by atoms with van der Waals surface area (Å²) >= 11 is 0. The summed E-state index contributed by atoms with van der Waals surface area (Å²) in [7, 11) is 0. The van der Waals surface area contributed by atoms with E-state index < -0.39 is 12.0 Å². The van der Waals surface area contributed by atoms with Crippen molar-refractivity contribution >= 4 is 23.5 Å². The highest BCUT2D eigenvalue weighted by molar-refractivity contribution is 5.90. The molecule has 0 fully saturated rings. The van der Waals surface area contributed by atoms with Gasteiger partial charge in [0, 0.05) is 23.8 Å². The molecule has 9 heteroatoms. The molecule has 0 bridgehead atoms. The highest BCUT2D eigenvalue weighted by Gasteiger charge is 2.33. The maximum atomic E-state index is 13.9. The molecule has 2 aromatic carbocycles. The average molecular weight is 464 g/mol. The Morgan fingerprint density at radius 3 is 2.85 bits per heavy atom. The van der Waals surface area contributed by atoms with Crippen molar-refractivity contribution in [3.05, 3.63) is 76.7 Å². The van der Waals surface area contributed by atoms with Gasteiger partial charge in [0.05, 0.1) is 11.6 Å². The number of nitrogens with one attached hydrogen (secondary N) is 2. The van der Waals surface area contributed by atoms with E-state index >= 15 is 0 Å². The van der Waals surface area contributed by atoms with E-state index in [1.165, 1.54) is 16.8 Å². The van der Waals surface area contributed by atoms with E-state index in [4.69, 9.17) is 10.5 Å². The first-order valence-corrected chi connectivity index (χ1v) is 11.4. The van der Waals surface area contributed by atoms with E-state index in [0.29, 0.717) is 37.8 Å². The van der Waals surface area contributed by atoms with Gasteiger partial charge < -0.3 is 21.1 Å². The molecule has 0 radical (unpaired) electrons. The van der Waals surface area contributed by atoms with Crippen LogP contribution < -0.4 is 16.4 Å². The third-order valence-electron chi connectivity index (χ3n) is 6.47. The Labute approximate surface area is 196 Å². The van der Waals surface area contributed by atoms with Gasteiger partial charge in [-0.15, -0.1) is 0 Å². The minimum absolute atomic E-state index is 0.167. The third-order valence-corrected chi connectivity index (χ3v) is 6.47. The number of hydrogen-bond donors (Lipinski definition) is 3. The van der Waals surface area contributed by atoms with Crippen molar-refractivity contribution in [2.45, 2.75) is 44.2 Å². The standard InChI is InChI=1S/C25H26FN5O3/c26-16-6-8-21-19(12-16)18(10-11-28-21)24(32)31-23(27)20-13-17(7-9-22(20)30-31)29-25(33)34-14-15-4-2-1-3-5-15/h1-6,8,12,17-18,28H,7,9-11,13-14,27H2,(H,29,33)/t17-,18-/m0/s1. The summed E-state index contributed by atoms with van der Waals surface area (Å²) in [6.45, 7) is 0.796. The summed E-state index contributed by atoms with van der Waals surface area (Å²) in [6, 6.07) is 13.7. The number of hydrogen-bond acceptors (Lipinski definition) is 6. The Morgan fingerprint density at radius 1 is 1.21 bits per heavy atom. The molecule has 2 atom stereocenters. The molecule has 1 amide bonds. The van der Waals surface area contributed by atoms with Gasteiger partial charge >= 0.3 is 6.09 Å². The number of anilines is 2. The molecule has 8 nitrogen and oxygen atoms in total. The molecule has 0 saturated heterocycles.